The molecule has 2 heterocycles. The summed E-state index contributed by atoms with van der Waals surface area (Å²) in [5, 5.41) is 0.634. The Morgan fingerprint density at radius 2 is 1.58 bits per heavy atom. The number of sulfonamides is 1. The van der Waals surface area contributed by atoms with Gasteiger partial charge in [0, 0.05) is 35.7 Å². The molecule has 0 N–H and O–H groups in total. The molecule has 0 spiro atoms. The molecule has 0 radical (unpaired) electrons. The number of benzene rings is 3. The Balaban J connectivity index is 1.55. The van der Waals surface area contributed by atoms with Crippen LogP contribution in [0.2, 0.25) is 5.02 Å². The topological polar surface area (TPSA) is 49.7 Å². The summed E-state index contributed by atoms with van der Waals surface area (Å²) in [6.07, 6.45) is 2.57. The molecule has 2 aliphatic rings. The average Bonchev–Trinajstić information content (AvgIpc) is 3.14. The van der Waals surface area contributed by atoms with Gasteiger partial charge in [-0.3, -0.25) is 4.99 Å². The molecule has 3 aromatic carbocycles. The molecule has 0 unspecified atom stereocenters. The lowest BCUT2D eigenvalue weighted by Gasteiger charge is -2.18. The zero-order chi connectivity index (χ0) is 23.0. The van der Waals surface area contributed by atoms with Gasteiger partial charge < -0.3 is 0 Å². The molecule has 0 atom stereocenters. The van der Waals surface area contributed by atoms with Crippen LogP contribution >= 0.6 is 11.6 Å². The van der Waals surface area contributed by atoms with Gasteiger partial charge in [0.25, 0.3) is 0 Å². The van der Waals surface area contributed by atoms with E-state index in [0.717, 1.165) is 39.2 Å². The van der Waals surface area contributed by atoms with Gasteiger partial charge in [0.2, 0.25) is 10.0 Å². The van der Waals surface area contributed by atoms with Crippen LogP contribution in [0.15, 0.2) is 106 Å². The van der Waals surface area contributed by atoms with Gasteiger partial charge in [-0.05, 0) is 42.3 Å². The largest absolute Gasteiger partial charge is 0.252 e. The standard InChI is InChI=1S/C27H23ClN2O2S/c1-19-11-13-23(14-12-19)33(31,32)30-17-21-15-26(20-7-3-2-4-8-20)29-27(16-22(21)18-30)24-9-5-6-10-25(24)28/h2-15H,16-18H2,1H3. The van der Waals surface area contributed by atoms with Crippen molar-refractivity contribution in [3.63, 3.8) is 0 Å². The van der Waals surface area contributed by atoms with Crippen molar-refractivity contribution in [3.05, 3.63) is 118 Å². The van der Waals surface area contributed by atoms with Crippen molar-refractivity contribution in [2.75, 3.05) is 13.1 Å². The van der Waals surface area contributed by atoms with Gasteiger partial charge in [-0.25, -0.2) is 8.42 Å². The van der Waals surface area contributed by atoms with E-state index in [4.69, 9.17) is 16.6 Å². The normalized spacial score (nSPS) is 16.8. The van der Waals surface area contributed by atoms with E-state index in [-0.39, 0.29) is 0 Å². The van der Waals surface area contributed by atoms with Crippen molar-refractivity contribution in [1.29, 1.82) is 0 Å². The first-order chi connectivity index (χ1) is 15.9. The monoisotopic (exact) mass is 474 g/mol. The molecule has 0 fully saturated rings. The Morgan fingerprint density at radius 3 is 2.30 bits per heavy atom. The van der Waals surface area contributed by atoms with Crippen LogP contribution in [-0.2, 0) is 10.0 Å². The number of rotatable bonds is 4. The van der Waals surface area contributed by atoms with Gasteiger partial charge in [0.15, 0.2) is 0 Å². The second-order valence-electron chi connectivity index (χ2n) is 8.33. The third-order valence-electron chi connectivity index (χ3n) is 6.03. The molecule has 4 nitrogen and oxygen atoms in total. The highest BCUT2D eigenvalue weighted by molar-refractivity contribution is 7.89. The molecule has 166 valence electrons. The molecule has 0 saturated heterocycles. The van der Waals surface area contributed by atoms with E-state index < -0.39 is 10.0 Å². The summed E-state index contributed by atoms with van der Waals surface area (Å²) in [7, 11) is -3.60. The first-order valence-electron chi connectivity index (χ1n) is 10.8. The van der Waals surface area contributed by atoms with Crippen LogP contribution < -0.4 is 0 Å². The Hall–Kier alpha value is -2.99. The maximum atomic E-state index is 13.4. The van der Waals surface area contributed by atoms with Crippen LogP contribution in [0, 0.1) is 6.92 Å². The molecule has 33 heavy (non-hydrogen) atoms. The maximum absolute atomic E-state index is 13.4. The molecule has 0 bridgehead atoms. The summed E-state index contributed by atoms with van der Waals surface area (Å²) in [5.41, 5.74) is 6.58. The van der Waals surface area contributed by atoms with Gasteiger partial charge >= 0.3 is 0 Å². The Kier molecular flexibility index (Phi) is 5.79. The van der Waals surface area contributed by atoms with Crippen LogP contribution in [0.3, 0.4) is 0 Å². The van der Waals surface area contributed by atoms with Crippen molar-refractivity contribution < 1.29 is 8.42 Å². The summed E-state index contributed by atoms with van der Waals surface area (Å²) >= 11 is 6.52. The smallest absolute Gasteiger partial charge is 0.243 e. The molecule has 5 rings (SSSR count). The van der Waals surface area contributed by atoms with Crippen molar-refractivity contribution in [2.24, 2.45) is 4.99 Å². The van der Waals surface area contributed by atoms with Gasteiger partial charge in [0.1, 0.15) is 0 Å². The lowest BCUT2D eigenvalue weighted by Crippen LogP contribution is -2.30. The summed E-state index contributed by atoms with van der Waals surface area (Å²) in [6.45, 7) is 2.61. The predicted molar refractivity (Wildman–Crippen MR) is 134 cm³/mol. The minimum absolute atomic E-state index is 0.318. The molecular formula is C27H23ClN2O2S. The molecule has 0 aromatic heterocycles. The number of aryl methyl sites for hydroxylation is 1. The van der Waals surface area contributed by atoms with E-state index in [9.17, 15) is 8.42 Å². The third-order valence-corrected chi connectivity index (χ3v) is 8.16. The predicted octanol–water partition coefficient (Wildman–Crippen LogP) is 5.88. The average molecular weight is 475 g/mol. The maximum Gasteiger partial charge on any atom is 0.243 e. The van der Waals surface area contributed by atoms with E-state index in [0.29, 0.717) is 29.4 Å². The van der Waals surface area contributed by atoms with E-state index in [1.54, 1.807) is 16.4 Å². The number of nitrogens with zero attached hydrogens (tertiary/aromatic N) is 2. The van der Waals surface area contributed by atoms with Gasteiger partial charge in [-0.1, -0.05) is 77.8 Å². The molecule has 2 aliphatic heterocycles. The van der Waals surface area contributed by atoms with Crippen LogP contribution in [0.25, 0.3) is 5.70 Å². The van der Waals surface area contributed by atoms with E-state index in [2.05, 4.69) is 0 Å². The minimum atomic E-state index is -3.60. The van der Waals surface area contributed by atoms with Gasteiger partial charge in [0.05, 0.1) is 16.3 Å². The fourth-order valence-electron chi connectivity index (χ4n) is 4.21. The summed E-state index contributed by atoms with van der Waals surface area (Å²) in [6, 6.07) is 24.6. The van der Waals surface area contributed by atoms with Crippen LogP contribution in [0.1, 0.15) is 23.1 Å². The number of hydrogen-bond acceptors (Lipinski definition) is 3. The van der Waals surface area contributed by atoms with Crippen molar-refractivity contribution in [1.82, 2.24) is 4.31 Å². The fourth-order valence-corrected chi connectivity index (χ4v) is 5.87. The summed E-state index contributed by atoms with van der Waals surface area (Å²) < 4.78 is 28.3. The summed E-state index contributed by atoms with van der Waals surface area (Å²) in [4.78, 5) is 5.32. The second-order valence-corrected chi connectivity index (χ2v) is 10.7. The lowest BCUT2D eigenvalue weighted by atomic mass is 10.0. The number of hydrogen-bond donors (Lipinski definition) is 0. The van der Waals surface area contributed by atoms with Crippen molar-refractivity contribution >= 4 is 33.0 Å². The highest BCUT2D eigenvalue weighted by atomic mass is 35.5. The van der Waals surface area contributed by atoms with E-state index in [1.807, 2.05) is 79.7 Å². The zero-order valence-corrected chi connectivity index (χ0v) is 19.8. The zero-order valence-electron chi connectivity index (χ0n) is 18.2. The highest BCUT2D eigenvalue weighted by Gasteiger charge is 2.33. The number of aliphatic imine (C=N–C) groups is 1. The molecule has 0 saturated carbocycles. The van der Waals surface area contributed by atoms with Crippen molar-refractivity contribution in [3.8, 4) is 0 Å². The molecule has 0 amide bonds. The highest BCUT2D eigenvalue weighted by Crippen LogP contribution is 2.34. The molecular weight excluding hydrogens is 452 g/mol. The van der Waals surface area contributed by atoms with Crippen LogP contribution in [0.5, 0.6) is 0 Å². The SMILES string of the molecule is Cc1ccc(S(=O)(=O)N2CC3=C(CC(c4ccccc4Cl)=NC(c4ccccc4)=C3)C2)cc1. The van der Waals surface area contributed by atoms with Crippen LogP contribution in [-0.4, -0.2) is 31.5 Å². The fraction of sp³-hybridized carbons (Fsp3) is 0.148. The Morgan fingerprint density at radius 1 is 0.879 bits per heavy atom. The van der Waals surface area contributed by atoms with Crippen LogP contribution in [0.4, 0.5) is 0 Å². The van der Waals surface area contributed by atoms with Crippen molar-refractivity contribution in [2.45, 2.75) is 18.2 Å². The first-order valence-corrected chi connectivity index (χ1v) is 12.6. The Bertz CT molecular complexity index is 1410. The minimum Gasteiger partial charge on any atom is -0.252 e. The Labute approximate surface area is 199 Å². The second kappa shape index (κ2) is 8.75. The van der Waals surface area contributed by atoms with Gasteiger partial charge in [-0.15, -0.1) is 0 Å². The quantitative estimate of drug-likeness (QED) is 0.473. The van der Waals surface area contributed by atoms with Gasteiger partial charge in [-0.2, -0.15) is 4.31 Å². The van der Waals surface area contributed by atoms with E-state index in [1.165, 1.54) is 0 Å². The molecule has 0 aliphatic carbocycles. The third kappa shape index (κ3) is 4.32. The van der Waals surface area contributed by atoms with E-state index >= 15 is 0 Å². The first kappa shape index (κ1) is 21.8. The number of halogens is 1. The lowest BCUT2D eigenvalue weighted by molar-refractivity contribution is 0.481. The summed E-state index contributed by atoms with van der Waals surface area (Å²) in [5.74, 6) is 0. The molecule has 6 heteroatoms. The molecule has 3 aromatic rings.